The Kier molecular flexibility index (Phi) is 4.97. The van der Waals surface area contributed by atoms with Crippen molar-refractivity contribution in [2.24, 2.45) is 0 Å². The lowest BCUT2D eigenvalue weighted by atomic mass is 10.1. The van der Waals surface area contributed by atoms with Gasteiger partial charge >= 0.3 is 0 Å². The van der Waals surface area contributed by atoms with Crippen LogP contribution in [0.2, 0.25) is 0 Å². The molecule has 0 saturated carbocycles. The zero-order valence-corrected chi connectivity index (χ0v) is 14.5. The Balaban J connectivity index is 1.65. The Bertz CT molecular complexity index is 927. The standard InChI is InChI=1S/C18H22N3O2S/c1-2-20-13-14-21(15-20)12-6-11-19-24(22,23)18-10-5-8-16-7-3-4-9-17(16)18/h3-5,7-10,13-15,19H,2,6,11-12H2,1H3/q+1. The maximum atomic E-state index is 12.6. The summed E-state index contributed by atoms with van der Waals surface area (Å²) in [6.45, 7) is 4.21. The number of aryl methyl sites for hydroxylation is 2. The van der Waals surface area contributed by atoms with Gasteiger partial charge in [-0.15, -0.1) is 0 Å². The minimum absolute atomic E-state index is 0.338. The third-order valence-electron chi connectivity index (χ3n) is 4.04. The van der Waals surface area contributed by atoms with Gasteiger partial charge in [-0.2, -0.15) is 0 Å². The van der Waals surface area contributed by atoms with Gasteiger partial charge in [-0.25, -0.2) is 22.3 Å². The molecule has 0 amide bonds. The number of hydrogen-bond acceptors (Lipinski definition) is 2. The summed E-state index contributed by atoms with van der Waals surface area (Å²) >= 11 is 0. The average molecular weight is 344 g/mol. The Morgan fingerprint density at radius 3 is 2.71 bits per heavy atom. The second-order valence-corrected chi connectivity index (χ2v) is 7.45. The third kappa shape index (κ3) is 3.66. The molecule has 1 aromatic heterocycles. The van der Waals surface area contributed by atoms with E-state index < -0.39 is 10.0 Å². The van der Waals surface area contributed by atoms with E-state index in [2.05, 4.69) is 20.8 Å². The second-order valence-electron chi connectivity index (χ2n) is 5.71. The van der Waals surface area contributed by atoms with E-state index in [4.69, 9.17) is 0 Å². The molecule has 126 valence electrons. The van der Waals surface area contributed by atoms with Crippen molar-refractivity contribution in [3.05, 3.63) is 61.2 Å². The van der Waals surface area contributed by atoms with E-state index in [0.717, 1.165) is 30.3 Å². The van der Waals surface area contributed by atoms with Crippen molar-refractivity contribution in [1.29, 1.82) is 0 Å². The number of rotatable bonds is 7. The molecule has 0 fully saturated rings. The lowest BCUT2D eigenvalue weighted by Crippen LogP contribution is -2.34. The van der Waals surface area contributed by atoms with Crippen molar-refractivity contribution in [1.82, 2.24) is 9.29 Å². The molecule has 0 bridgehead atoms. The van der Waals surface area contributed by atoms with E-state index in [-0.39, 0.29) is 0 Å². The summed E-state index contributed by atoms with van der Waals surface area (Å²) in [4.78, 5) is 0.338. The number of nitrogens with one attached hydrogen (secondary N) is 1. The molecule has 0 saturated heterocycles. The normalized spacial score (nSPS) is 11.9. The third-order valence-corrected chi connectivity index (χ3v) is 5.55. The van der Waals surface area contributed by atoms with E-state index in [9.17, 15) is 8.42 Å². The van der Waals surface area contributed by atoms with Crippen LogP contribution in [0.1, 0.15) is 13.3 Å². The molecule has 0 aliphatic heterocycles. The fourth-order valence-corrected chi connectivity index (χ4v) is 4.04. The zero-order valence-electron chi connectivity index (χ0n) is 13.7. The summed E-state index contributed by atoms with van der Waals surface area (Å²) < 4.78 is 32.0. The molecule has 5 nitrogen and oxygen atoms in total. The number of benzene rings is 2. The van der Waals surface area contributed by atoms with Gasteiger partial charge in [0.1, 0.15) is 12.4 Å². The zero-order chi connectivity index (χ0) is 17.0. The van der Waals surface area contributed by atoms with Crippen LogP contribution in [0, 0.1) is 0 Å². The van der Waals surface area contributed by atoms with E-state index in [1.807, 2.05) is 49.1 Å². The van der Waals surface area contributed by atoms with Crippen LogP contribution < -0.4 is 9.29 Å². The van der Waals surface area contributed by atoms with Crippen molar-refractivity contribution in [3.63, 3.8) is 0 Å². The van der Waals surface area contributed by atoms with Crippen molar-refractivity contribution < 1.29 is 13.0 Å². The molecular weight excluding hydrogens is 322 g/mol. The molecule has 0 unspecified atom stereocenters. The molecule has 0 atom stereocenters. The summed E-state index contributed by atoms with van der Waals surface area (Å²) in [6, 6.07) is 12.9. The lowest BCUT2D eigenvalue weighted by molar-refractivity contribution is -0.696. The second kappa shape index (κ2) is 7.15. The number of nitrogens with zero attached hydrogens (tertiary/aromatic N) is 2. The number of imidazole rings is 1. The van der Waals surface area contributed by atoms with Crippen LogP contribution >= 0.6 is 0 Å². The largest absolute Gasteiger partial charge is 0.243 e. The monoisotopic (exact) mass is 344 g/mol. The van der Waals surface area contributed by atoms with Gasteiger partial charge in [0.05, 0.1) is 18.0 Å². The molecular formula is C18H22N3O2S+. The Morgan fingerprint density at radius 2 is 1.92 bits per heavy atom. The summed E-state index contributed by atoms with van der Waals surface area (Å²) in [5.74, 6) is 0. The minimum Gasteiger partial charge on any atom is -0.237 e. The van der Waals surface area contributed by atoms with Crippen LogP contribution in [0.3, 0.4) is 0 Å². The van der Waals surface area contributed by atoms with Gasteiger partial charge in [0.2, 0.25) is 16.4 Å². The summed E-state index contributed by atoms with van der Waals surface area (Å²) in [7, 11) is -3.51. The van der Waals surface area contributed by atoms with E-state index in [1.165, 1.54) is 0 Å². The molecule has 0 radical (unpaired) electrons. The van der Waals surface area contributed by atoms with Gasteiger partial charge in [0.15, 0.2) is 0 Å². The Morgan fingerprint density at radius 1 is 1.12 bits per heavy atom. The first kappa shape index (κ1) is 16.7. The van der Waals surface area contributed by atoms with Crippen LogP contribution in [-0.4, -0.2) is 19.5 Å². The van der Waals surface area contributed by atoms with Crippen LogP contribution in [0.5, 0.6) is 0 Å². The predicted molar refractivity (Wildman–Crippen MR) is 94.1 cm³/mol. The highest BCUT2D eigenvalue weighted by Crippen LogP contribution is 2.22. The molecule has 3 aromatic rings. The fourth-order valence-electron chi connectivity index (χ4n) is 2.73. The topological polar surface area (TPSA) is 55.0 Å². The molecule has 0 aliphatic carbocycles. The quantitative estimate of drug-likeness (QED) is 0.528. The van der Waals surface area contributed by atoms with Crippen LogP contribution in [0.25, 0.3) is 10.8 Å². The molecule has 6 heteroatoms. The Labute approximate surface area is 142 Å². The number of sulfonamides is 1. The number of hydrogen-bond donors (Lipinski definition) is 1. The van der Waals surface area contributed by atoms with Crippen LogP contribution in [0.4, 0.5) is 0 Å². The molecule has 0 aliphatic rings. The highest BCUT2D eigenvalue weighted by Gasteiger charge is 2.16. The molecule has 2 aromatic carbocycles. The maximum Gasteiger partial charge on any atom is 0.243 e. The van der Waals surface area contributed by atoms with Gasteiger partial charge in [0.25, 0.3) is 0 Å². The van der Waals surface area contributed by atoms with Crippen LogP contribution in [0.15, 0.2) is 66.1 Å². The molecule has 0 spiro atoms. The van der Waals surface area contributed by atoms with Gasteiger partial charge in [-0.05, 0) is 24.8 Å². The van der Waals surface area contributed by atoms with E-state index >= 15 is 0 Å². The minimum atomic E-state index is -3.51. The highest BCUT2D eigenvalue weighted by molar-refractivity contribution is 7.89. The smallest absolute Gasteiger partial charge is 0.237 e. The number of fused-ring (bicyclic) bond motifs is 1. The molecule has 1 heterocycles. The fraction of sp³-hybridized carbons (Fsp3) is 0.278. The first-order valence-corrected chi connectivity index (χ1v) is 9.61. The highest BCUT2D eigenvalue weighted by atomic mass is 32.2. The molecule has 24 heavy (non-hydrogen) atoms. The maximum absolute atomic E-state index is 12.6. The van der Waals surface area contributed by atoms with Gasteiger partial charge in [-0.3, -0.25) is 0 Å². The predicted octanol–water partition coefficient (Wildman–Crippen LogP) is 2.32. The molecule has 1 N–H and O–H groups in total. The lowest BCUT2D eigenvalue weighted by Gasteiger charge is -2.09. The first-order chi connectivity index (χ1) is 11.6. The molecule has 3 rings (SSSR count). The van der Waals surface area contributed by atoms with Crippen molar-refractivity contribution >= 4 is 20.8 Å². The Hall–Kier alpha value is -2.18. The average Bonchev–Trinajstić information content (AvgIpc) is 3.06. The van der Waals surface area contributed by atoms with Crippen molar-refractivity contribution in [2.75, 3.05) is 6.54 Å². The van der Waals surface area contributed by atoms with Gasteiger partial charge < -0.3 is 0 Å². The SMILES string of the molecule is CCn1cc[n+](CCCNS(=O)(=O)c2cccc3ccccc23)c1. The van der Waals surface area contributed by atoms with Crippen molar-refractivity contribution in [2.45, 2.75) is 31.3 Å². The van der Waals surface area contributed by atoms with E-state index in [1.54, 1.807) is 12.1 Å². The van der Waals surface area contributed by atoms with Gasteiger partial charge in [0, 0.05) is 11.9 Å². The van der Waals surface area contributed by atoms with Crippen molar-refractivity contribution in [3.8, 4) is 0 Å². The van der Waals surface area contributed by atoms with E-state index in [0.29, 0.717) is 11.4 Å². The summed E-state index contributed by atoms with van der Waals surface area (Å²) in [5.41, 5.74) is 0. The van der Waals surface area contributed by atoms with Crippen LogP contribution in [-0.2, 0) is 23.1 Å². The summed E-state index contributed by atoms with van der Waals surface area (Å²) in [6.07, 6.45) is 6.78. The van der Waals surface area contributed by atoms with Gasteiger partial charge in [-0.1, -0.05) is 36.4 Å². The summed E-state index contributed by atoms with van der Waals surface area (Å²) in [5, 5.41) is 1.68. The number of aromatic nitrogens is 2. The first-order valence-electron chi connectivity index (χ1n) is 8.12.